The monoisotopic (exact) mass is 388 g/mol. The Morgan fingerprint density at radius 2 is 1.69 bits per heavy atom. The minimum Gasteiger partial charge on any atom is -0.481 e. The van der Waals surface area contributed by atoms with Crippen molar-refractivity contribution >= 4 is 5.97 Å². The Kier molecular flexibility index (Phi) is 5.84. The van der Waals surface area contributed by atoms with Crippen molar-refractivity contribution < 1.29 is 14.6 Å². The highest BCUT2D eigenvalue weighted by atomic mass is 16.5. The molecule has 0 spiro atoms. The Morgan fingerprint density at radius 1 is 1.00 bits per heavy atom. The number of hydrogen-bond donors (Lipinski definition) is 1. The van der Waals surface area contributed by atoms with Crippen molar-refractivity contribution in [3.8, 4) is 28.4 Å². The molecule has 0 unspecified atom stereocenters. The van der Waals surface area contributed by atoms with Gasteiger partial charge in [0, 0.05) is 17.3 Å². The van der Waals surface area contributed by atoms with Crippen LogP contribution in [0.15, 0.2) is 66.9 Å². The molecule has 1 N–H and O–H groups in total. The molecule has 1 saturated carbocycles. The second kappa shape index (κ2) is 8.86. The first kappa shape index (κ1) is 19.1. The Bertz CT molecular complexity index is 960. The molecule has 148 valence electrons. The standard InChI is InChI=1S/C24H24N2O3/c27-23(28)20-13-7-8-17(14-20)16-29-24-25-15-21(18-9-3-1-4-10-18)22(26-24)19-11-5-2-6-12-19/h1-6,9-12,15,17,20H,7-8,13-14,16H2,(H,27,28)/t17-,20+/m1/s1. The van der Waals surface area contributed by atoms with Gasteiger partial charge in [-0.3, -0.25) is 4.79 Å². The van der Waals surface area contributed by atoms with Gasteiger partial charge in [0.2, 0.25) is 0 Å². The van der Waals surface area contributed by atoms with Gasteiger partial charge in [-0.2, -0.15) is 4.98 Å². The molecular weight excluding hydrogens is 364 g/mol. The summed E-state index contributed by atoms with van der Waals surface area (Å²) in [6, 6.07) is 20.4. The van der Waals surface area contributed by atoms with Crippen LogP contribution >= 0.6 is 0 Å². The van der Waals surface area contributed by atoms with E-state index in [9.17, 15) is 9.90 Å². The molecule has 1 aliphatic carbocycles. The SMILES string of the molecule is O=C(O)[C@H]1CCC[C@@H](COc2ncc(-c3ccccc3)c(-c3ccccc3)n2)C1. The third-order valence-electron chi connectivity index (χ3n) is 5.48. The van der Waals surface area contributed by atoms with Crippen LogP contribution < -0.4 is 4.74 Å². The van der Waals surface area contributed by atoms with Gasteiger partial charge in [-0.25, -0.2) is 4.98 Å². The number of rotatable bonds is 6. The molecule has 0 aliphatic heterocycles. The lowest BCUT2D eigenvalue weighted by Crippen LogP contribution is -2.26. The van der Waals surface area contributed by atoms with Gasteiger partial charge < -0.3 is 9.84 Å². The molecule has 0 amide bonds. The summed E-state index contributed by atoms with van der Waals surface area (Å²) in [7, 11) is 0. The number of benzene rings is 2. The number of carboxylic acid groups (broad SMARTS) is 1. The molecule has 3 aromatic rings. The molecule has 0 saturated heterocycles. The quantitative estimate of drug-likeness (QED) is 0.637. The van der Waals surface area contributed by atoms with Gasteiger partial charge in [-0.1, -0.05) is 67.1 Å². The molecule has 2 aromatic carbocycles. The first-order valence-corrected chi connectivity index (χ1v) is 10.0. The third kappa shape index (κ3) is 4.62. The first-order valence-electron chi connectivity index (χ1n) is 10.0. The van der Waals surface area contributed by atoms with E-state index in [2.05, 4.69) is 4.98 Å². The van der Waals surface area contributed by atoms with Crippen LogP contribution in [0.4, 0.5) is 0 Å². The van der Waals surface area contributed by atoms with Crippen LogP contribution in [0.5, 0.6) is 6.01 Å². The van der Waals surface area contributed by atoms with Gasteiger partial charge >= 0.3 is 12.0 Å². The predicted octanol–water partition coefficient (Wildman–Crippen LogP) is 5.08. The average Bonchev–Trinajstić information content (AvgIpc) is 2.79. The minimum absolute atomic E-state index is 0.224. The zero-order chi connectivity index (χ0) is 20.1. The lowest BCUT2D eigenvalue weighted by molar-refractivity contribution is -0.143. The van der Waals surface area contributed by atoms with Crippen molar-refractivity contribution in [1.82, 2.24) is 9.97 Å². The van der Waals surface area contributed by atoms with Crippen molar-refractivity contribution in [3.63, 3.8) is 0 Å². The second-order valence-electron chi connectivity index (χ2n) is 7.53. The Hall–Kier alpha value is -3.21. The van der Waals surface area contributed by atoms with Crippen LogP contribution in [0.2, 0.25) is 0 Å². The molecule has 29 heavy (non-hydrogen) atoms. The van der Waals surface area contributed by atoms with Crippen LogP contribution in [0.25, 0.3) is 22.4 Å². The summed E-state index contributed by atoms with van der Waals surface area (Å²) in [4.78, 5) is 20.4. The molecule has 1 fully saturated rings. The molecule has 0 radical (unpaired) electrons. The van der Waals surface area contributed by atoms with Crippen molar-refractivity contribution in [2.45, 2.75) is 25.7 Å². The van der Waals surface area contributed by atoms with Crippen LogP contribution in [0, 0.1) is 11.8 Å². The summed E-state index contributed by atoms with van der Waals surface area (Å²) in [5.41, 5.74) is 3.83. The zero-order valence-corrected chi connectivity index (χ0v) is 16.2. The van der Waals surface area contributed by atoms with E-state index in [0.29, 0.717) is 19.0 Å². The molecule has 1 aliphatic rings. The Labute approximate surface area is 170 Å². The maximum Gasteiger partial charge on any atom is 0.316 e. The number of aromatic nitrogens is 2. The predicted molar refractivity (Wildman–Crippen MR) is 111 cm³/mol. The van der Waals surface area contributed by atoms with Gasteiger partial charge in [0.15, 0.2) is 0 Å². The number of ether oxygens (including phenoxy) is 1. The number of carbonyl (C=O) groups is 1. The smallest absolute Gasteiger partial charge is 0.316 e. The molecule has 1 aromatic heterocycles. The van der Waals surface area contributed by atoms with Crippen molar-refractivity contribution in [3.05, 3.63) is 66.9 Å². The molecule has 1 heterocycles. The maximum absolute atomic E-state index is 11.3. The van der Waals surface area contributed by atoms with E-state index < -0.39 is 5.97 Å². The summed E-state index contributed by atoms with van der Waals surface area (Å²) >= 11 is 0. The summed E-state index contributed by atoms with van der Waals surface area (Å²) in [5, 5.41) is 9.28. The number of hydrogen-bond acceptors (Lipinski definition) is 4. The third-order valence-corrected chi connectivity index (χ3v) is 5.48. The van der Waals surface area contributed by atoms with E-state index in [4.69, 9.17) is 9.72 Å². The van der Waals surface area contributed by atoms with Crippen LogP contribution in [0.3, 0.4) is 0 Å². The summed E-state index contributed by atoms with van der Waals surface area (Å²) < 4.78 is 5.91. The molecule has 4 rings (SSSR count). The van der Waals surface area contributed by atoms with E-state index in [0.717, 1.165) is 41.6 Å². The normalized spacial score (nSPS) is 18.9. The number of nitrogens with zero attached hydrogens (tertiary/aromatic N) is 2. The van der Waals surface area contributed by atoms with Crippen molar-refractivity contribution in [2.75, 3.05) is 6.61 Å². The Morgan fingerprint density at radius 3 is 2.38 bits per heavy atom. The molecule has 2 atom stereocenters. The van der Waals surface area contributed by atoms with Crippen LogP contribution in [-0.2, 0) is 4.79 Å². The Balaban J connectivity index is 1.57. The van der Waals surface area contributed by atoms with Gasteiger partial charge in [-0.05, 0) is 30.7 Å². The fourth-order valence-corrected chi connectivity index (χ4v) is 3.94. The van der Waals surface area contributed by atoms with E-state index in [-0.39, 0.29) is 11.8 Å². The lowest BCUT2D eigenvalue weighted by Gasteiger charge is -2.26. The van der Waals surface area contributed by atoms with Crippen LogP contribution in [-0.4, -0.2) is 27.7 Å². The highest BCUT2D eigenvalue weighted by Crippen LogP contribution is 2.32. The van der Waals surface area contributed by atoms with Gasteiger partial charge in [0.1, 0.15) is 0 Å². The van der Waals surface area contributed by atoms with Crippen molar-refractivity contribution in [1.29, 1.82) is 0 Å². The van der Waals surface area contributed by atoms with E-state index in [1.807, 2.05) is 60.7 Å². The topological polar surface area (TPSA) is 72.3 Å². The van der Waals surface area contributed by atoms with Gasteiger partial charge in [0.25, 0.3) is 0 Å². The summed E-state index contributed by atoms with van der Waals surface area (Å²) in [6.45, 7) is 0.447. The second-order valence-corrected chi connectivity index (χ2v) is 7.53. The van der Waals surface area contributed by atoms with Gasteiger partial charge in [-0.15, -0.1) is 0 Å². The minimum atomic E-state index is -0.704. The molecule has 5 nitrogen and oxygen atoms in total. The lowest BCUT2D eigenvalue weighted by atomic mass is 9.82. The van der Waals surface area contributed by atoms with Crippen molar-refractivity contribution in [2.24, 2.45) is 11.8 Å². The van der Waals surface area contributed by atoms with Gasteiger partial charge in [0.05, 0.1) is 18.2 Å². The zero-order valence-electron chi connectivity index (χ0n) is 16.2. The highest BCUT2D eigenvalue weighted by molar-refractivity contribution is 5.80. The number of aliphatic carboxylic acids is 1. The maximum atomic E-state index is 11.3. The first-order chi connectivity index (χ1) is 14.2. The molecule has 0 bridgehead atoms. The van der Waals surface area contributed by atoms with E-state index >= 15 is 0 Å². The number of carboxylic acids is 1. The summed E-state index contributed by atoms with van der Waals surface area (Å²) in [5.74, 6) is -0.745. The van der Waals surface area contributed by atoms with E-state index in [1.165, 1.54) is 0 Å². The average molecular weight is 388 g/mol. The highest BCUT2D eigenvalue weighted by Gasteiger charge is 2.27. The summed E-state index contributed by atoms with van der Waals surface area (Å²) in [6.07, 6.45) is 5.13. The molecule has 5 heteroatoms. The fourth-order valence-electron chi connectivity index (χ4n) is 3.94. The molecular formula is C24H24N2O3. The van der Waals surface area contributed by atoms with Crippen LogP contribution in [0.1, 0.15) is 25.7 Å². The fraction of sp³-hybridized carbons (Fsp3) is 0.292. The van der Waals surface area contributed by atoms with E-state index in [1.54, 1.807) is 6.20 Å². The largest absolute Gasteiger partial charge is 0.481 e.